The van der Waals surface area contributed by atoms with Crippen molar-refractivity contribution in [2.75, 3.05) is 21.3 Å². The Kier molecular flexibility index (Phi) is 7.17. The standard InChI is InChI=1S/C24H33NO2/c1-25-21(13-7-19-9-15-23(26-2)16-10-19)5-4-6-22(25)14-8-20-11-17-24(27-3)18-12-20/h9-12,15-18,21-22H,4-8,13-14H2,1-3H3/t21-,22-/m0/s1. The van der Waals surface area contributed by atoms with Crippen molar-refractivity contribution in [3.05, 3.63) is 59.7 Å². The lowest BCUT2D eigenvalue weighted by molar-refractivity contribution is 0.103. The van der Waals surface area contributed by atoms with Crippen LogP contribution in [0.2, 0.25) is 0 Å². The van der Waals surface area contributed by atoms with E-state index in [-0.39, 0.29) is 0 Å². The Balaban J connectivity index is 1.49. The number of benzene rings is 2. The molecule has 0 saturated carbocycles. The first-order valence-corrected chi connectivity index (χ1v) is 10.2. The summed E-state index contributed by atoms with van der Waals surface area (Å²) in [7, 11) is 5.77. The highest BCUT2D eigenvalue weighted by molar-refractivity contribution is 5.28. The van der Waals surface area contributed by atoms with Crippen LogP contribution in [0.25, 0.3) is 0 Å². The van der Waals surface area contributed by atoms with Gasteiger partial charge in [-0.05, 0) is 81.0 Å². The van der Waals surface area contributed by atoms with Crippen molar-refractivity contribution < 1.29 is 9.47 Å². The zero-order chi connectivity index (χ0) is 19.1. The Hall–Kier alpha value is -2.00. The summed E-state index contributed by atoms with van der Waals surface area (Å²) in [5, 5.41) is 0. The number of hydrogen-bond acceptors (Lipinski definition) is 3. The third-order valence-electron chi connectivity index (χ3n) is 6.08. The topological polar surface area (TPSA) is 21.7 Å². The Morgan fingerprint density at radius 3 is 1.52 bits per heavy atom. The second kappa shape index (κ2) is 9.80. The summed E-state index contributed by atoms with van der Waals surface area (Å²) >= 11 is 0. The predicted octanol–water partition coefficient (Wildman–Crippen LogP) is 5.12. The van der Waals surface area contributed by atoms with Crippen molar-refractivity contribution in [3.8, 4) is 11.5 Å². The molecule has 2 aromatic rings. The summed E-state index contributed by atoms with van der Waals surface area (Å²) in [4.78, 5) is 2.65. The maximum atomic E-state index is 5.26. The van der Waals surface area contributed by atoms with Crippen LogP contribution in [-0.4, -0.2) is 38.3 Å². The molecule has 1 saturated heterocycles. The van der Waals surface area contributed by atoms with Gasteiger partial charge in [0, 0.05) is 12.1 Å². The number of methoxy groups -OCH3 is 2. The summed E-state index contributed by atoms with van der Waals surface area (Å²) in [6.07, 6.45) is 8.76. The average Bonchev–Trinajstić information content (AvgIpc) is 2.73. The lowest BCUT2D eigenvalue weighted by Crippen LogP contribution is -2.44. The fourth-order valence-corrected chi connectivity index (χ4v) is 4.24. The van der Waals surface area contributed by atoms with E-state index in [4.69, 9.17) is 9.47 Å². The second-order valence-corrected chi connectivity index (χ2v) is 7.68. The molecule has 2 aromatic carbocycles. The zero-order valence-electron chi connectivity index (χ0n) is 17.0. The molecule has 0 amide bonds. The molecule has 0 N–H and O–H groups in total. The van der Waals surface area contributed by atoms with Crippen LogP contribution >= 0.6 is 0 Å². The van der Waals surface area contributed by atoms with Crippen molar-refractivity contribution in [1.82, 2.24) is 4.90 Å². The van der Waals surface area contributed by atoms with Gasteiger partial charge in [0.1, 0.15) is 11.5 Å². The van der Waals surface area contributed by atoms with E-state index in [1.165, 1.54) is 43.2 Å². The highest BCUT2D eigenvalue weighted by atomic mass is 16.5. The van der Waals surface area contributed by atoms with Crippen LogP contribution in [0.15, 0.2) is 48.5 Å². The van der Waals surface area contributed by atoms with Crippen LogP contribution in [0.5, 0.6) is 11.5 Å². The minimum absolute atomic E-state index is 0.696. The molecular formula is C24H33NO2. The zero-order valence-corrected chi connectivity index (χ0v) is 17.0. The van der Waals surface area contributed by atoms with E-state index in [0.717, 1.165) is 24.3 Å². The molecule has 3 heteroatoms. The van der Waals surface area contributed by atoms with Gasteiger partial charge in [0.25, 0.3) is 0 Å². The van der Waals surface area contributed by atoms with Crippen molar-refractivity contribution >= 4 is 0 Å². The van der Waals surface area contributed by atoms with Gasteiger partial charge in [0.05, 0.1) is 14.2 Å². The lowest BCUT2D eigenvalue weighted by atomic mass is 9.89. The number of hydrogen-bond donors (Lipinski definition) is 0. The molecule has 1 fully saturated rings. The Morgan fingerprint density at radius 2 is 1.15 bits per heavy atom. The third-order valence-corrected chi connectivity index (χ3v) is 6.08. The van der Waals surface area contributed by atoms with E-state index < -0.39 is 0 Å². The molecule has 3 nitrogen and oxygen atoms in total. The molecule has 3 rings (SSSR count). The fourth-order valence-electron chi connectivity index (χ4n) is 4.24. The summed E-state index contributed by atoms with van der Waals surface area (Å²) in [6.45, 7) is 0. The first-order chi connectivity index (χ1) is 13.2. The van der Waals surface area contributed by atoms with Gasteiger partial charge < -0.3 is 14.4 Å². The minimum atomic E-state index is 0.696. The Labute approximate surface area is 164 Å². The van der Waals surface area contributed by atoms with Gasteiger partial charge in [0.15, 0.2) is 0 Å². The second-order valence-electron chi connectivity index (χ2n) is 7.68. The van der Waals surface area contributed by atoms with Crippen LogP contribution in [-0.2, 0) is 12.8 Å². The first-order valence-electron chi connectivity index (χ1n) is 10.2. The molecule has 2 atom stereocenters. The molecule has 0 spiro atoms. The fraction of sp³-hybridized carbons (Fsp3) is 0.500. The van der Waals surface area contributed by atoms with Gasteiger partial charge in [-0.15, -0.1) is 0 Å². The Bertz CT molecular complexity index is 621. The van der Waals surface area contributed by atoms with Crippen LogP contribution in [0, 0.1) is 0 Å². The number of ether oxygens (including phenoxy) is 2. The molecule has 0 bridgehead atoms. The van der Waals surface area contributed by atoms with Crippen molar-refractivity contribution in [1.29, 1.82) is 0 Å². The molecule has 0 radical (unpaired) electrons. The number of aryl methyl sites for hydroxylation is 2. The van der Waals surface area contributed by atoms with E-state index in [1.54, 1.807) is 14.2 Å². The molecule has 146 valence electrons. The molecule has 0 aliphatic carbocycles. The van der Waals surface area contributed by atoms with Crippen molar-refractivity contribution in [2.45, 2.75) is 57.0 Å². The van der Waals surface area contributed by atoms with Crippen LogP contribution in [0.3, 0.4) is 0 Å². The number of piperidine rings is 1. The summed E-state index contributed by atoms with van der Waals surface area (Å²) in [5.74, 6) is 1.87. The van der Waals surface area contributed by atoms with Crippen LogP contribution < -0.4 is 9.47 Å². The van der Waals surface area contributed by atoms with E-state index in [2.05, 4.69) is 60.5 Å². The maximum Gasteiger partial charge on any atom is 0.118 e. The molecule has 1 aliphatic rings. The van der Waals surface area contributed by atoms with E-state index in [9.17, 15) is 0 Å². The normalized spacial score (nSPS) is 20.4. The highest BCUT2D eigenvalue weighted by Crippen LogP contribution is 2.27. The molecule has 0 aromatic heterocycles. The van der Waals surface area contributed by atoms with Crippen molar-refractivity contribution in [2.24, 2.45) is 0 Å². The quantitative estimate of drug-likeness (QED) is 0.646. The molecular weight excluding hydrogens is 334 g/mol. The smallest absolute Gasteiger partial charge is 0.118 e. The first kappa shape index (κ1) is 19.8. The third kappa shape index (κ3) is 5.49. The van der Waals surface area contributed by atoms with Gasteiger partial charge in [-0.3, -0.25) is 0 Å². The maximum absolute atomic E-state index is 5.26. The van der Waals surface area contributed by atoms with E-state index >= 15 is 0 Å². The number of likely N-dealkylation sites (tertiary alicyclic amines) is 1. The van der Waals surface area contributed by atoms with Crippen LogP contribution in [0.1, 0.15) is 43.2 Å². The lowest BCUT2D eigenvalue weighted by Gasteiger charge is -2.40. The minimum Gasteiger partial charge on any atom is -0.497 e. The molecule has 0 unspecified atom stereocenters. The predicted molar refractivity (Wildman–Crippen MR) is 112 cm³/mol. The SMILES string of the molecule is COc1ccc(CC[C@@H]2CCC[C@@H](CCc3ccc(OC)cc3)N2C)cc1. The number of rotatable bonds is 8. The highest BCUT2D eigenvalue weighted by Gasteiger charge is 2.26. The molecule has 1 heterocycles. The number of nitrogens with zero attached hydrogens (tertiary/aromatic N) is 1. The van der Waals surface area contributed by atoms with Gasteiger partial charge in [-0.1, -0.05) is 30.7 Å². The van der Waals surface area contributed by atoms with E-state index in [1.807, 2.05) is 0 Å². The van der Waals surface area contributed by atoms with Crippen LogP contribution in [0.4, 0.5) is 0 Å². The molecule has 27 heavy (non-hydrogen) atoms. The average molecular weight is 368 g/mol. The molecule has 1 aliphatic heterocycles. The summed E-state index contributed by atoms with van der Waals surface area (Å²) in [6, 6.07) is 18.4. The largest absolute Gasteiger partial charge is 0.497 e. The van der Waals surface area contributed by atoms with Gasteiger partial charge >= 0.3 is 0 Å². The summed E-state index contributed by atoms with van der Waals surface area (Å²) in [5.41, 5.74) is 2.81. The van der Waals surface area contributed by atoms with Gasteiger partial charge in [-0.25, -0.2) is 0 Å². The van der Waals surface area contributed by atoms with Gasteiger partial charge in [0.2, 0.25) is 0 Å². The Morgan fingerprint density at radius 1 is 0.741 bits per heavy atom. The monoisotopic (exact) mass is 367 g/mol. The van der Waals surface area contributed by atoms with E-state index in [0.29, 0.717) is 12.1 Å². The summed E-state index contributed by atoms with van der Waals surface area (Å²) < 4.78 is 10.5. The van der Waals surface area contributed by atoms with Gasteiger partial charge in [-0.2, -0.15) is 0 Å². The van der Waals surface area contributed by atoms with Crippen molar-refractivity contribution in [3.63, 3.8) is 0 Å².